The van der Waals surface area contributed by atoms with Crippen molar-refractivity contribution in [1.29, 1.82) is 0 Å². The zero-order chi connectivity index (χ0) is 12.9. The Kier molecular flexibility index (Phi) is 11.6. The van der Waals surface area contributed by atoms with Crippen LogP contribution in [0.3, 0.4) is 0 Å². The number of hydrogen-bond acceptors (Lipinski definition) is 2. The van der Waals surface area contributed by atoms with Crippen molar-refractivity contribution in [2.45, 2.75) is 91.1 Å². The molecule has 0 aromatic heterocycles. The Hall–Kier alpha value is -0.530. The zero-order valence-electron chi connectivity index (χ0n) is 12.0. The van der Waals surface area contributed by atoms with Gasteiger partial charge in [-0.15, -0.1) is 0 Å². The van der Waals surface area contributed by atoms with Gasteiger partial charge in [-0.2, -0.15) is 0 Å². The molecule has 0 aliphatic rings. The highest BCUT2D eigenvalue weighted by atomic mass is 16.5. The smallest absolute Gasteiger partial charge is 0.306 e. The molecule has 0 saturated heterocycles. The van der Waals surface area contributed by atoms with Gasteiger partial charge in [-0.05, 0) is 19.3 Å². The molecular weight excluding hydrogens is 212 g/mol. The highest BCUT2D eigenvalue weighted by Crippen LogP contribution is 2.11. The third-order valence-corrected chi connectivity index (χ3v) is 3.12. The molecule has 0 heterocycles. The zero-order valence-corrected chi connectivity index (χ0v) is 12.0. The average Bonchev–Trinajstić information content (AvgIpc) is 2.34. The summed E-state index contributed by atoms with van der Waals surface area (Å²) in [6.07, 6.45) is 11.0. The largest absolute Gasteiger partial charge is 0.462 e. The molecule has 0 bridgehead atoms. The molecule has 0 saturated carbocycles. The average molecular weight is 242 g/mol. The predicted molar refractivity (Wildman–Crippen MR) is 73.1 cm³/mol. The van der Waals surface area contributed by atoms with Crippen LogP contribution in [0, 0.1) is 0 Å². The Balaban J connectivity index is 3.53. The third kappa shape index (κ3) is 10.3. The Labute approximate surface area is 107 Å². The molecule has 0 radical (unpaired) electrons. The van der Waals surface area contributed by atoms with Crippen LogP contribution in [0.2, 0.25) is 0 Å². The summed E-state index contributed by atoms with van der Waals surface area (Å²) in [6.45, 7) is 6.46. The van der Waals surface area contributed by atoms with E-state index in [9.17, 15) is 4.79 Å². The Morgan fingerprint density at radius 2 is 1.59 bits per heavy atom. The van der Waals surface area contributed by atoms with E-state index in [1.807, 2.05) is 0 Å². The van der Waals surface area contributed by atoms with Crippen molar-refractivity contribution >= 4 is 5.97 Å². The monoisotopic (exact) mass is 242 g/mol. The summed E-state index contributed by atoms with van der Waals surface area (Å²) in [7, 11) is 0. The minimum Gasteiger partial charge on any atom is -0.462 e. The number of carbonyl (C=O) groups excluding carboxylic acids is 1. The lowest BCUT2D eigenvalue weighted by Gasteiger charge is -2.15. The van der Waals surface area contributed by atoms with Gasteiger partial charge in [-0.1, -0.05) is 59.3 Å². The Morgan fingerprint density at radius 1 is 0.941 bits per heavy atom. The molecule has 0 aliphatic heterocycles. The SMILES string of the molecule is CCCCCCCC(=O)O[C@@H](CC)CCCC. The summed E-state index contributed by atoms with van der Waals surface area (Å²) >= 11 is 0. The van der Waals surface area contributed by atoms with Crippen LogP contribution in [0.5, 0.6) is 0 Å². The molecule has 0 fully saturated rings. The van der Waals surface area contributed by atoms with Gasteiger partial charge in [0.2, 0.25) is 0 Å². The van der Waals surface area contributed by atoms with Crippen molar-refractivity contribution in [3.05, 3.63) is 0 Å². The number of rotatable bonds is 11. The van der Waals surface area contributed by atoms with E-state index >= 15 is 0 Å². The number of hydrogen-bond donors (Lipinski definition) is 0. The van der Waals surface area contributed by atoms with E-state index in [0.717, 1.165) is 32.1 Å². The maximum absolute atomic E-state index is 11.6. The molecule has 2 heteroatoms. The normalized spacial score (nSPS) is 12.4. The Bertz CT molecular complexity index is 178. The van der Waals surface area contributed by atoms with Gasteiger partial charge in [-0.3, -0.25) is 4.79 Å². The van der Waals surface area contributed by atoms with Crippen molar-refractivity contribution in [2.24, 2.45) is 0 Å². The topological polar surface area (TPSA) is 26.3 Å². The van der Waals surface area contributed by atoms with E-state index in [1.165, 1.54) is 25.7 Å². The summed E-state index contributed by atoms with van der Waals surface area (Å²) in [6, 6.07) is 0. The summed E-state index contributed by atoms with van der Waals surface area (Å²) in [4.78, 5) is 11.6. The molecule has 17 heavy (non-hydrogen) atoms. The van der Waals surface area contributed by atoms with Crippen LogP contribution in [0.15, 0.2) is 0 Å². The minimum atomic E-state index is 0.00412. The molecule has 0 aromatic rings. The standard InChI is InChI=1S/C15H30O2/c1-4-7-9-10-11-13-15(16)17-14(6-3)12-8-5-2/h14H,4-13H2,1-3H3/t14-/m0/s1. The van der Waals surface area contributed by atoms with E-state index in [1.54, 1.807) is 0 Å². The van der Waals surface area contributed by atoms with Gasteiger partial charge < -0.3 is 4.74 Å². The Morgan fingerprint density at radius 3 is 2.18 bits per heavy atom. The summed E-state index contributed by atoms with van der Waals surface area (Å²) in [5, 5.41) is 0. The van der Waals surface area contributed by atoms with E-state index in [4.69, 9.17) is 4.74 Å². The number of unbranched alkanes of at least 4 members (excludes halogenated alkanes) is 5. The van der Waals surface area contributed by atoms with Crippen molar-refractivity contribution in [3.63, 3.8) is 0 Å². The molecule has 0 aromatic carbocycles. The maximum atomic E-state index is 11.6. The van der Waals surface area contributed by atoms with Crippen LogP contribution in [0.25, 0.3) is 0 Å². The molecule has 102 valence electrons. The summed E-state index contributed by atoms with van der Waals surface area (Å²) in [5.74, 6) is 0.00412. The molecule has 2 nitrogen and oxygen atoms in total. The number of carbonyl (C=O) groups is 1. The second-order valence-corrected chi connectivity index (χ2v) is 4.83. The second kappa shape index (κ2) is 11.9. The molecule has 0 N–H and O–H groups in total. The van der Waals surface area contributed by atoms with Crippen LogP contribution in [-0.2, 0) is 9.53 Å². The van der Waals surface area contributed by atoms with Crippen molar-refractivity contribution < 1.29 is 9.53 Å². The van der Waals surface area contributed by atoms with Gasteiger partial charge in [0, 0.05) is 6.42 Å². The molecule has 0 unspecified atom stereocenters. The van der Waals surface area contributed by atoms with Crippen LogP contribution in [0.1, 0.15) is 85.0 Å². The van der Waals surface area contributed by atoms with Crippen LogP contribution in [0.4, 0.5) is 0 Å². The lowest BCUT2D eigenvalue weighted by molar-refractivity contribution is -0.149. The molecule has 1 atom stereocenters. The summed E-state index contributed by atoms with van der Waals surface area (Å²) in [5.41, 5.74) is 0. The van der Waals surface area contributed by atoms with Gasteiger partial charge in [0.1, 0.15) is 6.10 Å². The van der Waals surface area contributed by atoms with E-state index < -0.39 is 0 Å². The van der Waals surface area contributed by atoms with Crippen molar-refractivity contribution in [2.75, 3.05) is 0 Å². The maximum Gasteiger partial charge on any atom is 0.306 e. The molecule has 0 aliphatic carbocycles. The lowest BCUT2D eigenvalue weighted by Crippen LogP contribution is -2.17. The first-order valence-electron chi connectivity index (χ1n) is 7.44. The van der Waals surface area contributed by atoms with E-state index in [0.29, 0.717) is 6.42 Å². The first-order valence-corrected chi connectivity index (χ1v) is 7.44. The van der Waals surface area contributed by atoms with Gasteiger partial charge in [0.15, 0.2) is 0 Å². The predicted octanol–water partition coefficient (Wildman–Crippen LogP) is 4.86. The van der Waals surface area contributed by atoms with E-state index in [-0.39, 0.29) is 12.1 Å². The third-order valence-electron chi connectivity index (χ3n) is 3.12. The highest BCUT2D eigenvalue weighted by Gasteiger charge is 2.11. The van der Waals surface area contributed by atoms with Gasteiger partial charge in [0.05, 0.1) is 0 Å². The molecular formula is C15H30O2. The molecule has 0 amide bonds. The minimum absolute atomic E-state index is 0.00412. The summed E-state index contributed by atoms with van der Waals surface area (Å²) < 4.78 is 5.47. The first-order chi connectivity index (χ1) is 8.24. The van der Waals surface area contributed by atoms with Crippen molar-refractivity contribution in [3.8, 4) is 0 Å². The fraction of sp³-hybridized carbons (Fsp3) is 0.933. The number of ether oxygens (including phenoxy) is 1. The molecule has 0 spiro atoms. The van der Waals surface area contributed by atoms with Crippen molar-refractivity contribution in [1.82, 2.24) is 0 Å². The van der Waals surface area contributed by atoms with Crippen LogP contribution < -0.4 is 0 Å². The van der Waals surface area contributed by atoms with Crippen LogP contribution in [-0.4, -0.2) is 12.1 Å². The fourth-order valence-electron chi connectivity index (χ4n) is 1.90. The van der Waals surface area contributed by atoms with Gasteiger partial charge in [0.25, 0.3) is 0 Å². The van der Waals surface area contributed by atoms with Gasteiger partial charge in [-0.25, -0.2) is 0 Å². The first kappa shape index (κ1) is 16.5. The highest BCUT2D eigenvalue weighted by molar-refractivity contribution is 5.69. The molecule has 0 rings (SSSR count). The van der Waals surface area contributed by atoms with E-state index in [2.05, 4.69) is 20.8 Å². The number of esters is 1. The second-order valence-electron chi connectivity index (χ2n) is 4.83. The fourth-order valence-corrected chi connectivity index (χ4v) is 1.90. The van der Waals surface area contributed by atoms with Gasteiger partial charge >= 0.3 is 5.97 Å². The van der Waals surface area contributed by atoms with Crippen LogP contribution >= 0.6 is 0 Å². The quantitative estimate of drug-likeness (QED) is 0.382. The lowest BCUT2D eigenvalue weighted by atomic mass is 10.1.